The van der Waals surface area contributed by atoms with Crippen LogP contribution in [0.1, 0.15) is 0 Å². The van der Waals surface area contributed by atoms with E-state index in [2.05, 4.69) is 20.4 Å². The third-order valence-corrected chi connectivity index (χ3v) is 5.56. The van der Waals surface area contributed by atoms with E-state index in [1.54, 1.807) is 24.3 Å². The maximum Gasteiger partial charge on any atom is 0.269 e. The van der Waals surface area contributed by atoms with E-state index in [4.69, 9.17) is 0 Å². The summed E-state index contributed by atoms with van der Waals surface area (Å²) in [6.07, 6.45) is 0. The quantitative estimate of drug-likeness (QED) is 0.287. The van der Waals surface area contributed by atoms with Gasteiger partial charge < -0.3 is 0 Å². The van der Waals surface area contributed by atoms with E-state index < -0.39 is 9.85 Å². The van der Waals surface area contributed by atoms with Gasteiger partial charge in [-0.25, -0.2) is 0 Å². The third-order valence-electron chi connectivity index (χ3n) is 5.56. The lowest BCUT2D eigenvalue weighted by molar-refractivity contribution is -0.385. The third kappa shape index (κ3) is 2.79. The summed E-state index contributed by atoms with van der Waals surface area (Å²) in [5.74, 6) is 1.01. The fraction of sp³-hybridized carbons (Fsp3) is 0. The minimum atomic E-state index is -0.458. The largest absolute Gasteiger partial charge is 0.270 e. The molecule has 0 aliphatic rings. The summed E-state index contributed by atoms with van der Waals surface area (Å²) >= 11 is 0. The highest BCUT2D eigenvalue weighted by atomic mass is 16.6. The topological polar surface area (TPSA) is 147 Å². The maximum absolute atomic E-state index is 11.0. The number of hydrogen-bond donors (Lipinski definition) is 0. The Bertz CT molecular complexity index is 1620. The van der Waals surface area contributed by atoms with Crippen LogP contribution in [0.5, 0.6) is 0 Å². The molecule has 12 nitrogen and oxygen atoms in total. The number of fused-ring (bicyclic) bond motifs is 6. The van der Waals surface area contributed by atoms with Crippen LogP contribution in [-0.2, 0) is 0 Å². The number of para-hydroxylation sites is 2. The number of aromatic nitrogens is 6. The Morgan fingerprint density at radius 1 is 0.559 bits per heavy atom. The van der Waals surface area contributed by atoms with E-state index in [0.717, 1.165) is 11.0 Å². The second-order valence-electron chi connectivity index (χ2n) is 7.46. The van der Waals surface area contributed by atoms with Crippen molar-refractivity contribution in [1.82, 2.24) is 29.2 Å². The van der Waals surface area contributed by atoms with Crippen molar-refractivity contribution in [1.29, 1.82) is 0 Å². The second-order valence-corrected chi connectivity index (χ2v) is 7.46. The number of nitro benzene ring substituents is 2. The van der Waals surface area contributed by atoms with E-state index >= 15 is 0 Å². The van der Waals surface area contributed by atoms with E-state index in [0.29, 0.717) is 34.1 Å². The molecule has 0 radical (unpaired) electrons. The molecular weight excluding hydrogens is 440 g/mol. The van der Waals surface area contributed by atoms with E-state index in [1.165, 1.54) is 24.3 Å². The second kappa shape index (κ2) is 7.13. The summed E-state index contributed by atoms with van der Waals surface area (Å²) in [7, 11) is 0. The molecule has 3 aromatic carbocycles. The predicted molar refractivity (Wildman–Crippen MR) is 121 cm³/mol. The molecule has 3 aromatic heterocycles. The van der Waals surface area contributed by atoms with Crippen LogP contribution in [0.25, 0.3) is 45.1 Å². The van der Waals surface area contributed by atoms with Crippen molar-refractivity contribution < 1.29 is 9.85 Å². The molecule has 0 atom stereocenters. The van der Waals surface area contributed by atoms with Crippen LogP contribution in [0, 0.1) is 20.2 Å². The van der Waals surface area contributed by atoms with Gasteiger partial charge in [0.1, 0.15) is 0 Å². The van der Waals surface area contributed by atoms with Crippen LogP contribution in [0.2, 0.25) is 0 Å². The van der Waals surface area contributed by atoms with Crippen molar-refractivity contribution in [3.63, 3.8) is 0 Å². The molecule has 6 rings (SSSR count). The monoisotopic (exact) mass is 452 g/mol. The van der Waals surface area contributed by atoms with Crippen LogP contribution >= 0.6 is 0 Å². The van der Waals surface area contributed by atoms with Gasteiger partial charge in [-0.1, -0.05) is 12.1 Å². The van der Waals surface area contributed by atoms with Crippen LogP contribution in [0.15, 0.2) is 72.8 Å². The minimum Gasteiger partial charge on any atom is -0.270 e. The highest BCUT2D eigenvalue weighted by Crippen LogP contribution is 2.30. The van der Waals surface area contributed by atoms with Gasteiger partial charge in [0.2, 0.25) is 11.3 Å². The first kappa shape index (κ1) is 19.4. The van der Waals surface area contributed by atoms with E-state index in [-0.39, 0.29) is 11.4 Å². The van der Waals surface area contributed by atoms with Gasteiger partial charge in [0.05, 0.1) is 20.9 Å². The molecule has 0 saturated carbocycles. The highest BCUT2D eigenvalue weighted by molar-refractivity contribution is 5.89. The highest BCUT2D eigenvalue weighted by Gasteiger charge is 2.21. The number of benzene rings is 3. The van der Waals surface area contributed by atoms with Crippen molar-refractivity contribution >= 4 is 33.7 Å². The Morgan fingerprint density at radius 3 is 1.29 bits per heavy atom. The lowest BCUT2D eigenvalue weighted by Gasteiger charge is -2.09. The van der Waals surface area contributed by atoms with Crippen LogP contribution in [0.3, 0.4) is 0 Å². The van der Waals surface area contributed by atoms with Gasteiger partial charge >= 0.3 is 0 Å². The summed E-state index contributed by atoms with van der Waals surface area (Å²) in [5, 5.41) is 39.4. The first-order chi connectivity index (χ1) is 16.5. The summed E-state index contributed by atoms with van der Waals surface area (Å²) in [6.45, 7) is 0. The molecular formula is C22H12N8O4. The van der Waals surface area contributed by atoms with Crippen LogP contribution in [-0.4, -0.2) is 39.0 Å². The van der Waals surface area contributed by atoms with Crippen molar-refractivity contribution in [2.75, 3.05) is 0 Å². The molecule has 3 heterocycles. The van der Waals surface area contributed by atoms with Crippen LogP contribution in [0.4, 0.5) is 11.4 Å². The van der Waals surface area contributed by atoms with Crippen molar-refractivity contribution in [3.05, 3.63) is 93.0 Å². The van der Waals surface area contributed by atoms with Crippen LogP contribution < -0.4 is 0 Å². The molecule has 0 bridgehead atoms. The SMILES string of the molecule is O=[N+]([O-])c1ccc(-c2nnc3c4nnc(-c5ccc([N+](=O)[O-])cc5)n4c4ccccc4n23)cc1. The average Bonchev–Trinajstić information content (AvgIpc) is 3.49. The smallest absolute Gasteiger partial charge is 0.269 e. The lowest BCUT2D eigenvalue weighted by Crippen LogP contribution is -2.00. The summed E-state index contributed by atoms with van der Waals surface area (Å²) in [6, 6.07) is 19.7. The predicted octanol–water partition coefficient (Wildman–Crippen LogP) is 4.08. The molecule has 0 aliphatic carbocycles. The zero-order valence-electron chi connectivity index (χ0n) is 17.1. The van der Waals surface area contributed by atoms with Crippen molar-refractivity contribution in [3.8, 4) is 22.8 Å². The number of non-ortho nitro benzene ring substituents is 2. The van der Waals surface area contributed by atoms with Gasteiger partial charge in [-0.15, -0.1) is 20.4 Å². The molecule has 0 fully saturated rings. The van der Waals surface area contributed by atoms with Crippen molar-refractivity contribution in [2.45, 2.75) is 0 Å². The van der Waals surface area contributed by atoms with E-state index in [9.17, 15) is 20.2 Å². The number of nitrogens with zero attached hydrogens (tertiary/aromatic N) is 8. The normalized spacial score (nSPS) is 11.4. The summed E-state index contributed by atoms with van der Waals surface area (Å²) < 4.78 is 3.67. The first-order valence-electron chi connectivity index (χ1n) is 10.0. The Morgan fingerprint density at radius 2 is 0.941 bits per heavy atom. The molecule has 0 amide bonds. The Hall–Kier alpha value is -5.26. The molecule has 12 heteroatoms. The number of rotatable bonds is 4. The Balaban J connectivity index is 1.63. The molecule has 0 spiro atoms. The zero-order chi connectivity index (χ0) is 23.4. The summed E-state index contributed by atoms with van der Waals surface area (Å²) in [5.41, 5.74) is 3.72. The molecule has 0 saturated heterocycles. The molecule has 0 N–H and O–H groups in total. The molecule has 34 heavy (non-hydrogen) atoms. The van der Waals surface area contributed by atoms with Gasteiger partial charge in [-0.05, 0) is 36.4 Å². The number of nitro groups is 2. The van der Waals surface area contributed by atoms with Gasteiger partial charge in [0.25, 0.3) is 11.4 Å². The Kier molecular flexibility index (Phi) is 4.07. The average molecular weight is 452 g/mol. The minimum absolute atomic E-state index is 0.0185. The molecule has 0 unspecified atom stereocenters. The van der Waals surface area contributed by atoms with Gasteiger partial charge in [-0.3, -0.25) is 29.0 Å². The lowest BCUT2D eigenvalue weighted by atomic mass is 10.2. The van der Waals surface area contributed by atoms with Gasteiger partial charge in [0.15, 0.2) is 11.6 Å². The van der Waals surface area contributed by atoms with E-state index in [1.807, 2.05) is 33.1 Å². The molecule has 6 aromatic rings. The van der Waals surface area contributed by atoms with Gasteiger partial charge in [-0.2, -0.15) is 0 Å². The molecule has 0 aliphatic heterocycles. The fourth-order valence-electron chi connectivity index (χ4n) is 4.00. The van der Waals surface area contributed by atoms with Gasteiger partial charge in [0, 0.05) is 35.4 Å². The fourth-order valence-corrected chi connectivity index (χ4v) is 4.00. The molecule has 164 valence electrons. The zero-order valence-corrected chi connectivity index (χ0v) is 17.1. The maximum atomic E-state index is 11.0. The first-order valence-corrected chi connectivity index (χ1v) is 10.0. The van der Waals surface area contributed by atoms with Crippen molar-refractivity contribution in [2.24, 2.45) is 0 Å². The number of hydrogen-bond acceptors (Lipinski definition) is 8. The Labute approximate surface area is 189 Å². The summed E-state index contributed by atoms with van der Waals surface area (Å²) in [4.78, 5) is 21.1. The standard InChI is InChI=1S/C22H12N8O4/c31-29(32)15-9-5-13(6-10-15)19-23-25-21-22-26-24-20(14-7-11-16(12-8-14)30(33)34)28(22)18-4-2-1-3-17(18)27(19)21/h1-12H.